The summed E-state index contributed by atoms with van der Waals surface area (Å²) in [5.74, 6) is 0.199. The first-order valence-electron chi connectivity index (χ1n) is 6.69. The van der Waals surface area contributed by atoms with Crippen LogP contribution < -0.4 is 0 Å². The molecular weight excluding hydrogens is 238 g/mol. The molecule has 2 heterocycles. The molecule has 0 aliphatic carbocycles. The summed E-state index contributed by atoms with van der Waals surface area (Å²) in [6, 6.07) is 5.82. The first-order valence-corrected chi connectivity index (χ1v) is 6.69. The van der Waals surface area contributed by atoms with Crippen LogP contribution in [0.5, 0.6) is 0 Å². The van der Waals surface area contributed by atoms with Gasteiger partial charge in [0.1, 0.15) is 5.78 Å². The SMILES string of the molecule is CCc1cc(CC(=O)Cc2cccnc2)n(CC)n1. The van der Waals surface area contributed by atoms with Crippen LogP contribution in [0.2, 0.25) is 0 Å². The average Bonchev–Trinajstić information content (AvgIpc) is 2.82. The maximum Gasteiger partial charge on any atom is 0.143 e. The molecule has 0 amide bonds. The normalized spacial score (nSPS) is 10.6. The van der Waals surface area contributed by atoms with E-state index in [1.165, 1.54) is 0 Å². The van der Waals surface area contributed by atoms with Gasteiger partial charge in [0.25, 0.3) is 0 Å². The molecule has 0 N–H and O–H groups in total. The molecule has 0 saturated carbocycles. The Labute approximate surface area is 113 Å². The van der Waals surface area contributed by atoms with E-state index in [4.69, 9.17) is 0 Å². The molecule has 0 radical (unpaired) electrons. The molecule has 2 rings (SSSR count). The van der Waals surface area contributed by atoms with Crippen molar-refractivity contribution in [2.45, 2.75) is 39.7 Å². The van der Waals surface area contributed by atoms with Gasteiger partial charge in [-0.05, 0) is 31.0 Å². The van der Waals surface area contributed by atoms with Gasteiger partial charge >= 0.3 is 0 Å². The van der Waals surface area contributed by atoms with Crippen molar-refractivity contribution in [1.29, 1.82) is 0 Å². The lowest BCUT2D eigenvalue weighted by molar-refractivity contribution is -0.117. The Bertz CT molecular complexity index is 546. The van der Waals surface area contributed by atoms with Crippen molar-refractivity contribution < 1.29 is 4.79 Å². The third kappa shape index (κ3) is 3.50. The number of ketones is 1. The average molecular weight is 257 g/mol. The van der Waals surface area contributed by atoms with E-state index in [1.807, 2.05) is 29.8 Å². The quantitative estimate of drug-likeness (QED) is 0.797. The Balaban J connectivity index is 2.04. The smallest absolute Gasteiger partial charge is 0.143 e. The summed E-state index contributed by atoms with van der Waals surface area (Å²) >= 11 is 0. The summed E-state index contributed by atoms with van der Waals surface area (Å²) in [7, 11) is 0. The van der Waals surface area contributed by atoms with E-state index in [2.05, 4.69) is 17.0 Å². The van der Waals surface area contributed by atoms with E-state index < -0.39 is 0 Å². The minimum atomic E-state index is 0.199. The summed E-state index contributed by atoms with van der Waals surface area (Å²) in [6.45, 7) is 4.92. The molecule has 2 aromatic rings. The van der Waals surface area contributed by atoms with E-state index in [0.29, 0.717) is 12.8 Å². The van der Waals surface area contributed by atoms with Gasteiger partial charge in [-0.25, -0.2) is 0 Å². The predicted octanol–water partition coefficient (Wildman–Crippen LogP) is 2.21. The molecule has 4 heteroatoms. The van der Waals surface area contributed by atoms with Crippen molar-refractivity contribution in [2.75, 3.05) is 0 Å². The minimum absolute atomic E-state index is 0.199. The topological polar surface area (TPSA) is 47.8 Å². The van der Waals surface area contributed by atoms with Gasteiger partial charge in [0.05, 0.1) is 5.69 Å². The lowest BCUT2D eigenvalue weighted by Gasteiger charge is -2.04. The Morgan fingerprint density at radius 2 is 2.16 bits per heavy atom. The van der Waals surface area contributed by atoms with Crippen LogP contribution in [0.1, 0.15) is 30.8 Å². The second-order valence-corrected chi connectivity index (χ2v) is 4.55. The highest BCUT2D eigenvalue weighted by atomic mass is 16.1. The zero-order chi connectivity index (χ0) is 13.7. The van der Waals surface area contributed by atoms with Crippen molar-refractivity contribution in [3.63, 3.8) is 0 Å². The highest BCUT2D eigenvalue weighted by Crippen LogP contribution is 2.09. The van der Waals surface area contributed by atoms with Gasteiger partial charge < -0.3 is 0 Å². The molecule has 0 saturated heterocycles. The third-order valence-corrected chi connectivity index (χ3v) is 3.08. The number of aromatic nitrogens is 3. The monoisotopic (exact) mass is 257 g/mol. The Morgan fingerprint density at radius 3 is 2.79 bits per heavy atom. The molecule has 0 aromatic carbocycles. The number of pyridine rings is 1. The highest BCUT2D eigenvalue weighted by molar-refractivity contribution is 5.82. The van der Waals surface area contributed by atoms with Crippen LogP contribution >= 0.6 is 0 Å². The lowest BCUT2D eigenvalue weighted by atomic mass is 10.1. The number of nitrogens with zero attached hydrogens (tertiary/aromatic N) is 3. The summed E-state index contributed by atoms with van der Waals surface area (Å²) in [5.41, 5.74) is 3.02. The number of Topliss-reactive ketones (excluding diaryl/α,β-unsaturated/α-hetero) is 1. The lowest BCUT2D eigenvalue weighted by Crippen LogP contribution is -2.11. The largest absolute Gasteiger partial charge is 0.299 e. The second kappa shape index (κ2) is 6.27. The van der Waals surface area contributed by atoms with E-state index in [9.17, 15) is 4.79 Å². The molecule has 0 spiro atoms. The van der Waals surface area contributed by atoms with Crippen LogP contribution in [-0.4, -0.2) is 20.5 Å². The summed E-state index contributed by atoms with van der Waals surface area (Å²) < 4.78 is 1.92. The molecule has 0 unspecified atom stereocenters. The van der Waals surface area contributed by atoms with Gasteiger partial charge in [-0.2, -0.15) is 5.10 Å². The van der Waals surface area contributed by atoms with E-state index in [1.54, 1.807) is 12.4 Å². The van der Waals surface area contributed by atoms with E-state index in [0.717, 1.165) is 29.9 Å². The van der Waals surface area contributed by atoms with Crippen molar-refractivity contribution in [3.8, 4) is 0 Å². The van der Waals surface area contributed by atoms with Crippen molar-refractivity contribution >= 4 is 5.78 Å². The van der Waals surface area contributed by atoms with Crippen LogP contribution in [0, 0.1) is 0 Å². The first-order chi connectivity index (χ1) is 9.22. The van der Waals surface area contributed by atoms with Gasteiger partial charge in [-0.3, -0.25) is 14.5 Å². The maximum atomic E-state index is 12.1. The standard InChI is InChI=1S/C15H19N3O/c1-3-13-9-14(18(4-2)17-13)10-15(19)8-12-6-5-7-16-11-12/h5-7,9,11H,3-4,8,10H2,1-2H3. The van der Waals surface area contributed by atoms with Crippen LogP contribution in [0.3, 0.4) is 0 Å². The van der Waals surface area contributed by atoms with Gasteiger partial charge in [0, 0.05) is 37.5 Å². The van der Waals surface area contributed by atoms with E-state index >= 15 is 0 Å². The van der Waals surface area contributed by atoms with Gasteiger partial charge in [0.15, 0.2) is 0 Å². The molecule has 0 atom stereocenters. The van der Waals surface area contributed by atoms with Crippen LogP contribution in [0.15, 0.2) is 30.6 Å². The zero-order valence-corrected chi connectivity index (χ0v) is 11.5. The summed E-state index contributed by atoms with van der Waals surface area (Å²) in [6.07, 6.45) is 5.23. The predicted molar refractivity (Wildman–Crippen MR) is 73.9 cm³/mol. The molecule has 4 nitrogen and oxygen atoms in total. The molecular formula is C15H19N3O. The molecule has 0 fully saturated rings. The fourth-order valence-corrected chi connectivity index (χ4v) is 2.10. The number of carbonyl (C=O) groups is 1. The van der Waals surface area contributed by atoms with Gasteiger partial charge in [-0.15, -0.1) is 0 Å². The Morgan fingerprint density at radius 1 is 1.32 bits per heavy atom. The van der Waals surface area contributed by atoms with Crippen LogP contribution in [-0.2, 0) is 30.6 Å². The first kappa shape index (κ1) is 13.5. The third-order valence-electron chi connectivity index (χ3n) is 3.08. The molecule has 100 valence electrons. The number of hydrogen-bond donors (Lipinski definition) is 0. The number of rotatable bonds is 6. The molecule has 0 aliphatic heterocycles. The Kier molecular flexibility index (Phi) is 4.44. The van der Waals surface area contributed by atoms with Gasteiger partial charge in [-0.1, -0.05) is 13.0 Å². The number of carbonyl (C=O) groups excluding carboxylic acids is 1. The second-order valence-electron chi connectivity index (χ2n) is 4.55. The molecule has 0 bridgehead atoms. The fourth-order valence-electron chi connectivity index (χ4n) is 2.10. The molecule has 19 heavy (non-hydrogen) atoms. The highest BCUT2D eigenvalue weighted by Gasteiger charge is 2.11. The maximum absolute atomic E-state index is 12.1. The minimum Gasteiger partial charge on any atom is -0.299 e. The van der Waals surface area contributed by atoms with Crippen LogP contribution in [0.25, 0.3) is 0 Å². The fraction of sp³-hybridized carbons (Fsp3) is 0.400. The van der Waals surface area contributed by atoms with Gasteiger partial charge in [0.2, 0.25) is 0 Å². The summed E-state index contributed by atoms with van der Waals surface area (Å²) in [5, 5.41) is 4.46. The summed E-state index contributed by atoms with van der Waals surface area (Å²) in [4.78, 5) is 16.1. The molecule has 0 aliphatic rings. The number of hydrogen-bond acceptors (Lipinski definition) is 3. The molecule has 2 aromatic heterocycles. The Hall–Kier alpha value is -1.97. The van der Waals surface area contributed by atoms with E-state index in [-0.39, 0.29) is 5.78 Å². The number of aryl methyl sites for hydroxylation is 2. The van der Waals surface area contributed by atoms with Crippen molar-refractivity contribution in [3.05, 3.63) is 47.5 Å². The van der Waals surface area contributed by atoms with Crippen LogP contribution in [0.4, 0.5) is 0 Å². The van der Waals surface area contributed by atoms with Crippen molar-refractivity contribution in [1.82, 2.24) is 14.8 Å². The zero-order valence-electron chi connectivity index (χ0n) is 11.5. The van der Waals surface area contributed by atoms with Crippen molar-refractivity contribution in [2.24, 2.45) is 0 Å².